The fraction of sp³-hybridized carbons (Fsp3) is 0.533. The second kappa shape index (κ2) is 7.04. The van der Waals surface area contributed by atoms with Crippen LogP contribution in [-0.2, 0) is 0 Å². The molecule has 0 heterocycles. The third-order valence-corrected chi connectivity index (χ3v) is 4.08. The summed E-state index contributed by atoms with van der Waals surface area (Å²) in [6.07, 6.45) is 0. The molecular weight excluding hydrogens is 309 g/mol. The first-order valence-electron chi connectivity index (χ1n) is 6.56. The molecule has 0 spiro atoms. The van der Waals surface area contributed by atoms with E-state index in [4.69, 9.17) is 0 Å². The van der Waals surface area contributed by atoms with E-state index in [2.05, 4.69) is 48.9 Å². The third kappa shape index (κ3) is 4.60. The molecule has 0 fully saturated rings. The highest BCUT2D eigenvalue weighted by atomic mass is 79.9. The van der Waals surface area contributed by atoms with E-state index in [1.54, 1.807) is 6.07 Å². The number of nitrogens with one attached hydrogen (secondary N) is 1. The molecule has 0 aliphatic heterocycles. The quantitative estimate of drug-likeness (QED) is 0.859. The molecule has 1 aromatic carbocycles. The van der Waals surface area contributed by atoms with Crippen molar-refractivity contribution in [3.63, 3.8) is 0 Å². The van der Waals surface area contributed by atoms with Crippen molar-refractivity contribution < 1.29 is 9.18 Å². The first-order chi connectivity index (χ1) is 8.82. The smallest absolute Gasteiger partial charge is 0.252 e. The average Bonchev–Trinajstić information content (AvgIpc) is 2.31. The van der Waals surface area contributed by atoms with Crippen LogP contribution < -0.4 is 5.32 Å². The van der Waals surface area contributed by atoms with Crippen LogP contribution in [0.1, 0.15) is 38.1 Å². The number of carbonyl (C=O) groups excluding carboxylic acids is 1. The maximum absolute atomic E-state index is 13.2. The van der Waals surface area contributed by atoms with Gasteiger partial charge in [-0.2, -0.15) is 0 Å². The zero-order valence-corrected chi connectivity index (χ0v) is 13.4. The Morgan fingerprint density at radius 1 is 1.26 bits per heavy atom. The van der Waals surface area contributed by atoms with Gasteiger partial charge in [-0.3, -0.25) is 4.79 Å². The Kier molecular flexibility index (Phi) is 5.98. The molecule has 0 atom stereocenters. The molecule has 0 aliphatic rings. The lowest BCUT2D eigenvalue weighted by molar-refractivity contribution is 0.0936. The van der Waals surface area contributed by atoms with Crippen molar-refractivity contribution in [2.24, 2.45) is 17.8 Å². The van der Waals surface area contributed by atoms with Crippen LogP contribution >= 0.6 is 15.9 Å². The van der Waals surface area contributed by atoms with Crippen molar-refractivity contribution in [1.82, 2.24) is 5.32 Å². The molecule has 0 saturated carbocycles. The summed E-state index contributed by atoms with van der Waals surface area (Å²) >= 11 is 3.27. The van der Waals surface area contributed by atoms with E-state index >= 15 is 0 Å². The number of carbonyl (C=O) groups is 1. The number of hydrogen-bond donors (Lipinski definition) is 1. The van der Waals surface area contributed by atoms with E-state index in [1.165, 1.54) is 12.1 Å². The van der Waals surface area contributed by atoms with Gasteiger partial charge in [-0.15, -0.1) is 0 Å². The van der Waals surface area contributed by atoms with Crippen molar-refractivity contribution in [2.45, 2.75) is 27.7 Å². The van der Waals surface area contributed by atoms with E-state index in [0.717, 1.165) is 0 Å². The molecule has 0 saturated heterocycles. The second-order valence-electron chi connectivity index (χ2n) is 5.49. The number of rotatable bonds is 5. The first kappa shape index (κ1) is 16.2. The highest BCUT2D eigenvalue weighted by Crippen LogP contribution is 2.21. The third-order valence-electron chi connectivity index (χ3n) is 3.38. The zero-order valence-electron chi connectivity index (χ0n) is 11.8. The molecule has 19 heavy (non-hydrogen) atoms. The lowest BCUT2D eigenvalue weighted by atomic mass is 9.85. The predicted octanol–water partition coefficient (Wildman–Crippen LogP) is 4.25. The summed E-state index contributed by atoms with van der Waals surface area (Å²) in [5, 5.41) is 2.89. The summed E-state index contributed by atoms with van der Waals surface area (Å²) in [6.45, 7) is 9.20. The summed E-state index contributed by atoms with van der Waals surface area (Å²) in [5.41, 5.74) is 0.339. The monoisotopic (exact) mass is 329 g/mol. The van der Waals surface area contributed by atoms with Crippen LogP contribution in [0.5, 0.6) is 0 Å². The molecule has 1 N–H and O–H groups in total. The Bertz CT molecular complexity index is 438. The fourth-order valence-electron chi connectivity index (χ4n) is 2.22. The van der Waals surface area contributed by atoms with Gasteiger partial charge >= 0.3 is 0 Å². The summed E-state index contributed by atoms with van der Waals surface area (Å²) in [6, 6.07) is 4.12. The number of hydrogen-bond acceptors (Lipinski definition) is 1. The van der Waals surface area contributed by atoms with Gasteiger partial charge < -0.3 is 5.32 Å². The van der Waals surface area contributed by atoms with E-state index in [0.29, 0.717) is 34.3 Å². The molecule has 0 aromatic heterocycles. The van der Waals surface area contributed by atoms with E-state index in [-0.39, 0.29) is 5.91 Å². The zero-order chi connectivity index (χ0) is 14.6. The Morgan fingerprint density at radius 2 is 1.84 bits per heavy atom. The van der Waals surface area contributed by atoms with E-state index < -0.39 is 5.82 Å². The van der Waals surface area contributed by atoms with Crippen LogP contribution in [0.15, 0.2) is 22.7 Å². The summed E-state index contributed by atoms with van der Waals surface area (Å²) in [7, 11) is 0. The van der Waals surface area contributed by atoms with Crippen LogP contribution in [-0.4, -0.2) is 12.5 Å². The SMILES string of the molecule is CC(C)C(CNC(=O)c1cc(F)ccc1Br)C(C)C. The van der Waals surface area contributed by atoms with Crippen LogP contribution in [0.2, 0.25) is 0 Å². The van der Waals surface area contributed by atoms with Crippen LogP contribution in [0.25, 0.3) is 0 Å². The number of halogens is 2. The lowest BCUT2D eigenvalue weighted by Crippen LogP contribution is -2.34. The molecule has 4 heteroatoms. The van der Waals surface area contributed by atoms with E-state index in [1.807, 2.05) is 0 Å². The van der Waals surface area contributed by atoms with Crippen LogP contribution in [0.4, 0.5) is 4.39 Å². The highest BCUT2D eigenvalue weighted by Gasteiger charge is 2.19. The van der Waals surface area contributed by atoms with Gasteiger partial charge in [0.15, 0.2) is 0 Å². The maximum Gasteiger partial charge on any atom is 0.252 e. The van der Waals surface area contributed by atoms with Gasteiger partial charge in [-0.25, -0.2) is 4.39 Å². The van der Waals surface area contributed by atoms with Crippen molar-refractivity contribution >= 4 is 21.8 Å². The summed E-state index contributed by atoms with van der Waals surface area (Å²) in [5.74, 6) is 0.763. The fourth-order valence-corrected chi connectivity index (χ4v) is 2.65. The molecule has 0 unspecified atom stereocenters. The Hall–Kier alpha value is -0.900. The molecule has 2 nitrogen and oxygen atoms in total. The van der Waals surface area contributed by atoms with Crippen molar-refractivity contribution in [1.29, 1.82) is 0 Å². The first-order valence-corrected chi connectivity index (χ1v) is 7.35. The Balaban J connectivity index is 2.72. The Morgan fingerprint density at radius 3 is 2.37 bits per heavy atom. The molecule has 0 radical (unpaired) electrons. The molecule has 0 bridgehead atoms. The van der Waals surface area contributed by atoms with Gasteiger partial charge in [0.1, 0.15) is 5.82 Å². The summed E-state index contributed by atoms with van der Waals surface area (Å²) < 4.78 is 13.8. The molecule has 1 rings (SSSR count). The van der Waals surface area contributed by atoms with Gasteiger partial charge in [-0.05, 0) is 51.9 Å². The topological polar surface area (TPSA) is 29.1 Å². The average molecular weight is 330 g/mol. The minimum Gasteiger partial charge on any atom is -0.352 e. The molecule has 106 valence electrons. The van der Waals surface area contributed by atoms with Gasteiger partial charge in [0.25, 0.3) is 5.91 Å². The van der Waals surface area contributed by atoms with Crippen molar-refractivity contribution in [3.8, 4) is 0 Å². The minimum absolute atomic E-state index is 0.238. The van der Waals surface area contributed by atoms with Crippen molar-refractivity contribution in [2.75, 3.05) is 6.54 Å². The maximum atomic E-state index is 13.2. The van der Waals surface area contributed by atoms with Gasteiger partial charge in [0.2, 0.25) is 0 Å². The van der Waals surface area contributed by atoms with Crippen molar-refractivity contribution in [3.05, 3.63) is 34.1 Å². The van der Waals surface area contributed by atoms with Crippen LogP contribution in [0, 0.1) is 23.6 Å². The molecule has 1 aromatic rings. The minimum atomic E-state index is -0.405. The van der Waals surface area contributed by atoms with Crippen LogP contribution in [0.3, 0.4) is 0 Å². The summed E-state index contributed by atoms with van der Waals surface area (Å²) in [4.78, 5) is 12.1. The molecule has 0 aliphatic carbocycles. The standard InChI is InChI=1S/C15H21BrFNO/c1-9(2)13(10(3)4)8-18-15(19)12-7-11(17)5-6-14(12)16/h5-7,9-10,13H,8H2,1-4H3,(H,18,19). The largest absolute Gasteiger partial charge is 0.352 e. The lowest BCUT2D eigenvalue weighted by Gasteiger charge is -2.25. The van der Waals surface area contributed by atoms with Gasteiger partial charge in [-0.1, -0.05) is 27.7 Å². The normalized spacial score (nSPS) is 11.4. The predicted molar refractivity (Wildman–Crippen MR) is 79.6 cm³/mol. The van der Waals surface area contributed by atoms with E-state index in [9.17, 15) is 9.18 Å². The molecular formula is C15H21BrFNO. The highest BCUT2D eigenvalue weighted by molar-refractivity contribution is 9.10. The van der Waals surface area contributed by atoms with Gasteiger partial charge in [0, 0.05) is 11.0 Å². The molecule has 1 amide bonds. The van der Waals surface area contributed by atoms with Gasteiger partial charge in [0.05, 0.1) is 5.56 Å². The number of amides is 1. The Labute approximate surface area is 122 Å². The second-order valence-corrected chi connectivity index (χ2v) is 6.34. The number of benzene rings is 1.